The first-order valence-electron chi connectivity index (χ1n) is 14.1. The van der Waals surface area contributed by atoms with E-state index in [2.05, 4.69) is 5.32 Å². The molecule has 0 heterocycles. The first kappa shape index (κ1) is 34.1. The quantitative estimate of drug-likeness (QED) is 0.143. The maximum Gasteiger partial charge on any atom is 0.337 e. The van der Waals surface area contributed by atoms with E-state index in [9.17, 15) is 49.8 Å². The van der Waals surface area contributed by atoms with Gasteiger partial charge in [0.15, 0.2) is 11.9 Å². The number of aliphatic hydroxyl groups is 6. The molecule has 238 valence electrons. The minimum Gasteiger partial charge on any atom is -0.459 e. The van der Waals surface area contributed by atoms with Gasteiger partial charge in [-0.2, -0.15) is 0 Å². The fourth-order valence-corrected chi connectivity index (χ4v) is 7.57. The molecule has 0 aliphatic heterocycles. The lowest BCUT2D eigenvalue weighted by Crippen LogP contribution is -2.76. The molecule has 0 saturated heterocycles. The average molecular weight is 600 g/mol. The number of carbonyl (C=O) groups is 4. The van der Waals surface area contributed by atoms with E-state index in [0.717, 1.165) is 6.92 Å². The Bertz CT molecular complexity index is 1170. The molecule has 3 rings (SSSR count). The highest BCUT2D eigenvalue weighted by Gasteiger charge is 2.73. The molecule has 42 heavy (non-hydrogen) atoms. The van der Waals surface area contributed by atoms with Gasteiger partial charge in [-0.3, -0.25) is 14.4 Å². The fourth-order valence-electron chi connectivity index (χ4n) is 7.57. The monoisotopic (exact) mass is 599 g/mol. The van der Waals surface area contributed by atoms with Crippen molar-refractivity contribution in [3.05, 3.63) is 11.1 Å². The summed E-state index contributed by atoms with van der Waals surface area (Å²) in [5.41, 5.74) is -7.84. The second-order valence-electron chi connectivity index (χ2n) is 13.1. The predicted molar refractivity (Wildman–Crippen MR) is 145 cm³/mol. The Balaban J connectivity index is 2.30. The minimum absolute atomic E-state index is 0.0429. The lowest BCUT2D eigenvalue weighted by atomic mass is 9.44. The number of hydrogen-bond acceptors (Lipinski definition) is 12. The van der Waals surface area contributed by atoms with Crippen LogP contribution in [-0.4, -0.2) is 109 Å². The molecule has 0 aromatic carbocycles. The van der Waals surface area contributed by atoms with Crippen molar-refractivity contribution in [1.82, 2.24) is 5.32 Å². The summed E-state index contributed by atoms with van der Waals surface area (Å²) < 4.78 is 11.3. The van der Waals surface area contributed by atoms with Crippen LogP contribution in [0.15, 0.2) is 11.1 Å². The highest BCUT2D eigenvalue weighted by atomic mass is 16.6. The van der Waals surface area contributed by atoms with Gasteiger partial charge in [-0.25, -0.2) is 4.79 Å². The third-order valence-corrected chi connectivity index (χ3v) is 10.2. The molecule has 0 aromatic rings. The summed E-state index contributed by atoms with van der Waals surface area (Å²) >= 11 is 0. The molecular formula is C29H45NO12. The molecule has 0 unspecified atom stereocenters. The Morgan fingerprint density at radius 3 is 2.17 bits per heavy atom. The van der Waals surface area contributed by atoms with E-state index in [1.807, 2.05) is 0 Å². The number of aliphatic hydroxyl groups excluding tert-OH is 4. The number of rotatable bonds is 6. The van der Waals surface area contributed by atoms with Gasteiger partial charge in [-0.05, 0) is 44.3 Å². The fraction of sp³-hybridized carbons (Fsp3) is 0.793. The van der Waals surface area contributed by atoms with Gasteiger partial charge in [0.2, 0.25) is 5.91 Å². The van der Waals surface area contributed by atoms with Crippen molar-refractivity contribution < 1.29 is 59.3 Å². The standard InChI is InChI=1S/C29H45NO12/c1-12-9-18(34)27(8)22(28(12,39)11-31)24(41-16(5)33)29(40)10-17(42-25(38)20(35)14(3)30-15(4)32)13(2)19(26(29,6)7)21(36)23(27)37/h12,14,17-18,20-22,24,31,34-36,39-40H,9-11H2,1-8H3,(H,30,32)/t12-,14+,17+,18+,20-,21-,22+,24+,27-,28+,29-/m1/s1. The van der Waals surface area contributed by atoms with Crippen LogP contribution >= 0.6 is 0 Å². The molecule has 13 nitrogen and oxygen atoms in total. The summed E-state index contributed by atoms with van der Waals surface area (Å²) in [6, 6.07) is -1.04. The topological polar surface area (TPSA) is 220 Å². The molecule has 2 bridgehead atoms. The Labute approximate surface area is 244 Å². The van der Waals surface area contributed by atoms with Crippen LogP contribution in [0.4, 0.5) is 0 Å². The first-order valence-corrected chi connectivity index (χ1v) is 14.1. The van der Waals surface area contributed by atoms with Gasteiger partial charge in [-0.1, -0.05) is 20.8 Å². The van der Waals surface area contributed by atoms with Crippen molar-refractivity contribution in [3.8, 4) is 0 Å². The van der Waals surface area contributed by atoms with Crippen LogP contribution in [0, 0.1) is 22.7 Å². The highest BCUT2D eigenvalue weighted by molar-refractivity contribution is 5.93. The molecule has 0 aromatic heterocycles. The lowest BCUT2D eigenvalue weighted by molar-refractivity contribution is -0.280. The maximum atomic E-state index is 14.2. The summed E-state index contributed by atoms with van der Waals surface area (Å²) in [6.07, 6.45) is -8.97. The van der Waals surface area contributed by atoms with Gasteiger partial charge in [0.05, 0.1) is 29.8 Å². The normalized spacial score (nSPS) is 41.0. The van der Waals surface area contributed by atoms with Crippen molar-refractivity contribution in [2.45, 2.75) is 116 Å². The maximum absolute atomic E-state index is 14.2. The molecule has 0 radical (unpaired) electrons. The van der Waals surface area contributed by atoms with Crippen molar-refractivity contribution in [3.63, 3.8) is 0 Å². The number of amides is 1. The highest BCUT2D eigenvalue weighted by Crippen LogP contribution is 2.62. The number of nitrogens with one attached hydrogen (secondary N) is 1. The zero-order valence-corrected chi connectivity index (χ0v) is 25.4. The van der Waals surface area contributed by atoms with E-state index in [4.69, 9.17) is 9.47 Å². The van der Waals surface area contributed by atoms with Crippen LogP contribution in [0.3, 0.4) is 0 Å². The van der Waals surface area contributed by atoms with Crippen molar-refractivity contribution >= 4 is 23.6 Å². The Hall–Kier alpha value is -2.42. The lowest BCUT2D eigenvalue weighted by Gasteiger charge is -2.64. The SMILES string of the molecule is CC(=O)N[C@@H](C)[C@@H](O)C(=O)O[C@H]1C[C@@]2(O)[C@@H](OC(C)=O)[C@@H]3[C@](O)(CO)[C@H](C)C[C@H](O)[C@@]3(C)C(=O)[C@H](O)C(=C1C)C2(C)C. The Morgan fingerprint density at radius 2 is 1.67 bits per heavy atom. The van der Waals surface area contributed by atoms with E-state index < -0.39 is 107 Å². The zero-order chi connectivity index (χ0) is 32.3. The molecule has 3 aliphatic carbocycles. The molecular weight excluding hydrogens is 554 g/mol. The summed E-state index contributed by atoms with van der Waals surface area (Å²) in [6.45, 7) is 10.1. The van der Waals surface area contributed by atoms with Gasteiger partial charge in [0, 0.05) is 31.6 Å². The largest absolute Gasteiger partial charge is 0.459 e. The number of carbonyl (C=O) groups excluding carboxylic acids is 4. The van der Waals surface area contributed by atoms with Gasteiger partial charge in [0.25, 0.3) is 0 Å². The third-order valence-electron chi connectivity index (χ3n) is 10.2. The summed E-state index contributed by atoms with van der Waals surface area (Å²) in [7, 11) is 0. The zero-order valence-electron chi connectivity index (χ0n) is 25.4. The number of hydrogen-bond donors (Lipinski definition) is 7. The number of fused-ring (bicyclic) bond motifs is 3. The Kier molecular flexibility index (Phi) is 9.13. The van der Waals surface area contributed by atoms with E-state index in [-0.39, 0.29) is 17.6 Å². The van der Waals surface area contributed by atoms with E-state index >= 15 is 0 Å². The molecule has 0 spiro atoms. The number of esters is 2. The summed E-state index contributed by atoms with van der Waals surface area (Å²) in [5.74, 6) is -5.96. The second kappa shape index (κ2) is 11.3. The molecule has 11 atom stereocenters. The van der Waals surface area contributed by atoms with Crippen molar-refractivity contribution in [2.24, 2.45) is 22.7 Å². The van der Waals surface area contributed by atoms with Gasteiger partial charge < -0.3 is 45.4 Å². The van der Waals surface area contributed by atoms with Crippen molar-refractivity contribution in [1.29, 1.82) is 0 Å². The van der Waals surface area contributed by atoms with Crippen LogP contribution in [-0.2, 0) is 28.7 Å². The van der Waals surface area contributed by atoms with Gasteiger partial charge >= 0.3 is 11.9 Å². The van der Waals surface area contributed by atoms with Gasteiger partial charge in [0.1, 0.15) is 23.9 Å². The van der Waals surface area contributed by atoms with Gasteiger partial charge in [-0.15, -0.1) is 0 Å². The summed E-state index contributed by atoms with van der Waals surface area (Å²) in [4.78, 5) is 51.2. The predicted octanol–water partition coefficient (Wildman–Crippen LogP) is -1.12. The van der Waals surface area contributed by atoms with Crippen LogP contribution < -0.4 is 5.32 Å². The van der Waals surface area contributed by atoms with E-state index in [1.54, 1.807) is 0 Å². The minimum atomic E-state index is -2.26. The van der Waals surface area contributed by atoms with Crippen LogP contribution in [0.5, 0.6) is 0 Å². The molecule has 3 aliphatic rings. The molecule has 2 fully saturated rings. The smallest absolute Gasteiger partial charge is 0.337 e. The second-order valence-corrected chi connectivity index (χ2v) is 13.1. The average Bonchev–Trinajstić information content (AvgIpc) is 2.87. The van der Waals surface area contributed by atoms with Crippen molar-refractivity contribution in [2.75, 3.05) is 6.61 Å². The first-order chi connectivity index (χ1) is 19.1. The van der Waals surface area contributed by atoms with Crippen LogP contribution in [0.1, 0.15) is 68.2 Å². The molecule has 1 amide bonds. The number of ether oxygens (including phenoxy) is 2. The van der Waals surface area contributed by atoms with Crippen LogP contribution in [0.25, 0.3) is 0 Å². The number of Topliss-reactive ketones (excluding diaryl/α,β-unsaturated/α-hetero) is 1. The molecule has 2 saturated carbocycles. The molecule has 7 N–H and O–H groups in total. The number of ketones is 1. The summed E-state index contributed by atoms with van der Waals surface area (Å²) in [5, 5.41) is 70.9. The Morgan fingerprint density at radius 1 is 1.10 bits per heavy atom. The van der Waals surface area contributed by atoms with E-state index in [0.29, 0.717) is 0 Å². The molecule has 13 heteroatoms. The van der Waals surface area contributed by atoms with Crippen LogP contribution in [0.2, 0.25) is 0 Å². The van der Waals surface area contributed by atoms with E-state index in [1.165, 1.54) is 48.5 Å². The third kappa shape index (κ3) is 4.97.